The Bertz CT molecular complexity index is 1090. The van der Waals surface area contributed by atoms with Crippen molar-refractivity contribution in [3.8, 4) is 0 Å². The first kappa shape index (κ1) is 12.1. The van der Waals surface area contributed by atoms with Gasteiger partial charge in [-0.05, 0) is 60.2 Å². The molecular weight excluding hydrogens is 427 g/mol. The Labute approximate surface area is 158 Å². The predicted octanol–water partition coefficient (Wildman–Crippen LogP) is 5.28. The van der Waals surface area contributed by atoms with Gasteiger partial charge in [0.2, 0.25) is 0 Å². The number of carbonyl (C=O) groups is 1. The minimum absolute atomic E-state index is 0.0476. The highest BCUT2D eigenvalue weighted by molar-refractivity contribution is 14.1. The van der Waals surface area contributed by atoms with E-state index in [1.807, 2.05) is 6.92 Å². The summed E-state index contributed by atoms with van der Waals surface area (Å²) in [7, 11) is 0. The Morgan fingerprint density at radius 1 is 1.39 bits per heavy atom. The highest BCUT2D eigenvalue weighted by Crippen LogP contribution is 2.33. The molecule has 1 atom stereocenters. The second-order valence-corrected chi connectivity index (χ2v) is 6.68. The maximum absolute atomic E-state index is 13.2. The Kier molecular flexibility index (Phi) is 3.28. The van der Waals surface area contributed by atoms with Gasteiger partial charge in [-0.3, -0.25) is 4.79 Å². The molecule has 1 heterocycles. The quantitative estimate of drug-likeness (QED) is 0.441. The van der Waals surface area contributed by atoms with E-state index in [2.05, 4.69) is 22.6 Å². The van der Waals surface area contributed by atoms with Crippen molar-refractivity contribution < 1.29 is 19.8 Å². The number of aliphatic hydroxyl groups excluding tert-OH is 1. The summed E-state index contributed by atoms with van der Waals surface area (Å²) in [5.74, 6) is -0.636. The highest BCUT2D eigenvalue weighted by atomic mass is 127. The van der Waals surface area contributed by atoms with E-state index in [-0.39, 0.29) is 27.9 Å². The molecule has 0 saturated carbocycles. The number of furan rings is 1. The number of fused-ring (bicyclic) bond motifs is 1. The molecule has 0 bridgehead atoms. The average Bonchev–Trinajstić information content (AvgIpc) is 3.02. The number of hydrogen-bond donors (Lipinski definition) is 1. The maximum Gasteiger partial charge on any atom is 0.197 e. The molecule has 0 aliphatic rings. The molecule has 2 aromatic carbocycles. The molecule has 0 fully saturated rings. The van der Waals surface area contributed by atoms with Crippen LogP contribution in [0.3, 0.4) is 0 Å². The number of hydrogen-bond acceptors (Lipinski definition) is 3. The van der Waals surface area contributed by atoms with Crippen molar-refractivity contribution in [2.45, 2.75) is 20.0 Å². The standard InChI is InChI=1S/C18H14ClIO3/c1-9-13(19)7-11(8-14(9)20)17(22)16-12-5-3-4-6-15(12)23-18(16)10(2)21/h3-8,10,21H,1-2H3/i3D,4D,5D,6D. The Hall–Kier alpha value is -1.37. The van der Waals surface area contributed by atoms with E-state index >= 15 is 0 Å². The van der Waals surface area contributed by atoms with Crippen molar-refractivity contribution in [2.75, 3.05) is 0 Å². The molecule has 3 nitrogen and oxygen atoms in total. The zero-order chi connectivity index (χ0) is 20.2. The molecule has 1 unspecified atom stereocenters. The second kappa shape index (κ2) is 6.26. The van der Waals surface area contributed by atoms with E-state index in [4.69, 9.17) is 21.5 Å². The molecule has 1 aromatic heterocycles. The van der Waals surface area contributed by atoms with Gasteiger partial charge in [-0.15, -0.1) is 0 Å². The number of rotatable bonds is 3. The maximum atomic E-state index is 13.2. The van der Waals surface area contributed by atoms with E-state index in [9.17, 15) is 9.90 Å². The number of carbonyl (C=O) groups excluding carboxylic acids is 1. The van der Waals surface area contributed by atoms with Crippen LogP contribution < -0.4 is 0 Å². The molecule has 0 aliphatic carbocycles. The van der Waals surface area contributed by atoms with Gasteiger partial charge >= 0.3 is 0 Å². The summed E-state index contributed by atoms with van der Waals surface area (Å²) in [5.41, 5.74) is 0.825. The van der Waals surface area contributed by atoms with Gasteiger partial charge < -0.3 is 9.52 Å². The third-order valence-electron chi connectivity index (χ3n) is 3.51. The van der Waals surface area contributed by atoms with E-state index < -0.39 is 36.1 Å². The van der Waals surface area contributed by atoms with Gasteiger partial charge in [0.15, 0.2) is 5.78 Å². The fraction of sp³-hybridized carbons (Fsp3) is 0.167. The molecule has 0 amide bonds. The number of aliphatic hydroxyl groups is 1. The van der Waals surface area contributed by atoms with Crippen LogP contribution in [0, 0.1) is 10.5 Å². The number of para-hydroxylation sites is 1. The molecule has 5 heteroatoms. The summed E-state index contributed by atoms with van der Waals surface area (Å²) in [4.78, 5) is 13.2. The lowest BCUT2D eigenvalue weighted by molar-refractivity contribution is 0.102. The summed E-state index contributed by atoms with van der Waals surface area (Å²) >= 11 is 8.25. The van der Waals surface area contributed by atoms with Crippen LogP contribution in [0.4, 0.5) is 0 Å². The van der Waals surface area contributed by atoms with Gasteiger partial charge in [0.25, 0.3) is 0 Å². The third kappa shape index (κ3) is 2.91. The van der Waals surface area contributed by atoms with Crippen LogP contribution in [0.25, 0.3) is 11.0 Å². The van der Waals surface area contributed by atoms with E-state index in [0.717, 1.165) is 9.13 Å². The van der Waals surface area contributed by atoms with Gasteiger partial charge in [-0.25, -0.2) is 0 Å². The summed E-state index contributed by atoms with van der Waals surface area (Å²) in [6.45, 7) is 3.22. The van der Waals surface area contributed by atoms with Crippen molar-refractivity contribution >= 4 is 50.9 Å². The van der Waals surface area contributed by atoms with Crippen molar-refractivity contribution in [2.24, 2.45) is 0 Å². The largest absolute Gasteiger partial charge is 0.458 e. The van der Waals surface area contributed by atoms with Crippen LogP contribution in [-0.2, 0) is 0 Å². The number of halogens is 2. The molecule has 0 spiro atoms. The number of benzene rings is 2. The van der Waals surface area contributed by atoms with Crippen molar-refractivity contribution in [3.63, 3.8) is 0 Å². The first-order valence-electron chi connectivity index (χ1n) is 8.77. The van der Waals surface area contributed by atoms with Crippen molar-refractivity contribution in [1.82, 2.24) is 0 Å². The SMILES string of the molecule is [2H]c1c([2H])c([2H])c2c(C(=O)c3cc(Cl)c(C)c(I)c3)c(C(C)O)oc2c1[2H]. The molecule has 0 aliphatic heterocycles. The van der Waals surface area contributed by atoms with Gasteiger partial charge in [0.05, 0.1) is 11.0 Å². The zero-order valence-corrected chi connectivity index (χ0v) is 15.2. The fourth-order valence-electron chi connectivity index (χ4n) is 2.28. The zero-order valence-electron chi connectivity index (χ0n) is 16.3. The molecule has 1 N–H and O–H groups in total. The van der Waals surface area contributed by atoms with E-state index in [1.165, 1.54) is 13.0 Å². The first-order valence-corrected chi connectivity index (χ1v) is 8.23. The van der Waals surface area contributed by atoms with E-state index in [0.29, 0.717) is 5.02 Å². The summed E-state index contributed by atoms with van der Waals surface area (Å²) in [6, 6.07) is 1.40. The lowest BCUT2D eigenvalue weighted by atomic mass is 9.98. The number of ketones is 1. The van der Waals surface area contributed by atoms with Crippen molar-refractivity contribution in [1.29, 1.82) is 0 Å². The Morgan fingerprint density at radius 3 is 2.74 bits per heavy atom. The van der Waals surface area contributed by atoms with Crippen LogP contribution in [0.15, 0.2) is 40.7 Å². The molecular formula is C18H14ClIO3. The molecule has 118 valence electrons. The van der Waals surface area contributed by atoms with Crippen LogP contribution >= 0.6 is 34.2 Å². The topological polar surface area (TPSA) is 50.4 Å². The van der Waals surface area contributed by atoms with Gasteiger partial charge in [0, 0.05) is 19.5 Å². The highest BCUT2D eigenvalue weighted by Gasteiger charge is 2.25. The van der Waals surface area contributed by atoms with Crippen LogP contribution in [0.1, 0.15) is 45.8 Å². The van der Waals surface area contributed by atoms with Crippen LogP contribution in [0.2, 0.25) is 5.02 Å². The van der Waals surface area contributed by atoms with Crippen molar-refractivity contribution in [3.05, 3.63) is 67.3 Å². The first-order chi connectivity index (χ1) is 12.6. The monoisotopic (exact) mass is 444 g/mol. The van der Waals surface area contributed by atoms with Gasteiger partial charge in [0.1, 0.15) is 17.4 Å². The normalized spacial score (nSPS) is 15.0. The molecule has 0 saturated heterocycles. The lowest BCUT2D eigenvalue weighted by Gasteiger charge is -2.08. The Balaban J connectivity index is 2.40. The minimum atomic E-state index is -1.18. The fourth-order valence-corrected chi connectivity index (χ4v) is 3.28. The van der Waals surface area contributed by atoms with Gasteiger partial charge in [-0.2, -0.15) is 0 Å². The smallest absolute Gasteiger partial charge is 0.197 e. The lowest BCUT2D eigenvalue weighted by Crippen LogP contribution is -2.06. The summed E-state index contributed by atoms with van der Waals surface area (Å²) < 4.78 is 38.2. The molecule has 0 radical (unpaired) electrons. The summed E-state index contributed by atoms with van der Waals surface area (Å²) in [6.07, 6.45) is -1.18. The molecule has 3 aromatic rings. The van der Waals surface area contributed by atoms with Crippen LogP contribution in [0.5, 0.6) is 0 Å². The van der Waals surface area contributed by atoms with E-state index in [1.54, 1.807) is 6.07 Å². The second-order valence-electron chi connectivity index (χ2n) is 5.12. The van der Waals surface area contributed by atoms with Gasteiger partial charge in [-0.1, -0.05) is 29.7 Å². The molecule has 23 heavy (non-hydrogen) atoms. The summed E-state index contributed by atoms with van der Waals surface area (Å²) in [5, 5.41) is 10.4. The minimum Gasteiger partial charge on any atom is -0.458 e. The average molecular weight is 445 g/mol. The molecule has 3 rings (SSSR count). The predicted molar refractivity (Wildman–Crippen MR) is 99.2 cm³/mol. The van der Waals surface area contributed by atoms with Crippen LogP contribution in [-0.4, -0.2) is 10.9 Å². The Morgan fingerprint density at radius 2 is 2.09 bits per heavy atom. The third-order valence-corrected chi connectivity index (χ3v) is 5.02.